The van der Waals surface area contributed by atoms with E-state index in [-0.39, 0.29) is 17.6 Å². The van der Waals surface area contributed by atoms with E-state index in [1.165, 1.54) is 12.1 Å². The number of carbonyl (C=O) groups excluding carboxylic acids is 1. The molecular formula is C16H16FNO. The Balaban J connectivity index is 2.11. The fraction of sp³-hybridized carbons (Fsp3) is 0.188. The van der Waals surface area contributed by atoms with Gasteiger partial charge in [0.25, 0.3) is 0 Å². The lowest BCUT2D eigenvalue weighted by Crippen LogP contribution is -2.20. The summed E-state index contributed by atoms with van der Waals surface area (Å²) in [6.07, 6.45) is 0.719. The highest BCUT2D eigenvalue weighted by Gasteiger charge is 2.18. The Morgan fingerprint density at radius 2 is 1.74 bits per heavy atom. The number of anilines is 1. The Bertz CT molecular complexity index is 536. The molecule has 2 aromatic carbocycles. The van der Waals surface area contributed by atoms with Crippen molar-refractivity contribution in [2.24, 2.45) is 0 Å². The van der Waals surface area contributed by atoms with Crippen LogP contribution in [0.1, 0.15) is 24.8 Å². The summed E-state index contributed by atoms with van der Waals surface area (Å²) in [7, 11) is 0. The minimum absolute atomic E-state index is 0.0692. The van der Waals surface area contributed by atoms with Crippen LogP contribution < -0.4 is 5.32 Å². The highest BCUT2D eigenvalue weighted by atomic mass is 19.1. The van der Waals surface area contributed by atoms with Gasteiger partial charge in [-0.25, -0.2) is 4.39 Å². The van der Waals surface area contributed by atoms with E-state index in [9.17, 15) is 9.18 Å². The molecule has 3 heteroatoms. The van der Waals surface area contributed by atoms with Crippen molar-refractivity contribution in [3.63, 3.8) is 0 Å². The van der Waals surface area contributed by atoms with Crippen LogP contribution in [0.15, 0.2) is 54.6 Å². The Labute approximate surface area is 112 Å². The van der Waals surface area contributed by atoms with E-state index in [1.54, 1.807) is 12.1 Å². The number of rotatable bonds is 4. The van der Waals surface area contributed by atoms with E-state index in [4.69, 9.17) is 0 Å². The molecule has 2 nitrogen and oxygen atoms in total. The molecule has 1 unspecified atom stereocenters. The standard InChI is InChI=1S/C16H16FNO/c1-2-15(12-6-4-3-5-7-12)16(19)18-14-10-8-13(17)9-11-14/h3-11,15H,2H2,1H3,(H,18,19). The van der Waals surface area contributed by atoms with Crippen LogP contribution in [0, 0.1) is 5.82 Å². The maximum atomic E-state index is 12.8. The van der Waals surface area contributed by atoms with Crippen LogP contribution in [0.25, 0.3) is 0 Å². The number of hydrogen-bond donors (Lipinski definition) is 1. The van der Waals surface area contributed by atoms with E-state index in [0.717, 1.165) is 12.0 Å². The van der Waals surface area contributed by atoms with Crippen LogP contribution in [0.4, 0.5) is 10.1 Å². The zero-order valence-electron chi connectivity index (χ0n) is 10.8. The SMILES string of the molecule is CCC(C(=O)Nc1ccc(F)cc1)c1ccccc1. The smallest absolute Gasteiger partial charge is 0.231 e. The van der Waals surface area contributed by atoms with E-state index in [2.05, 4.69) is 5.32 Å². The van der Waals surface area contributed by atoms with Crippen molar-refractivity contribution in [3.05, 3.63) is 66.0 Å². The van der Waals surface area contributed by atoms with Crippen LogP contribution in [0.5, 0.6) is 0 Å². The average Bonchev–Trinajstić information content (AvgIpc) is 2.43. The lowest BCUT2D eigenvalue weighted by atomic mass is 9.95. The van der Waals surface area contributed by atoms with Crippen LogP contribution in [-0.4, -0.2) is 5.91 Å². The summed E-state index contributed by atoms with van der Waals surface area (Å²) in [5, 5.41) is 2.81. The fourth-order valence-corrected chi connectivity index (χ4v) is 2.02. The first-order valence-corrected chi connectivity index (χ1v) is 6.32. The molecule has 0 aliphatic carbocycles. The van der Waals surface area contributed by atoms with E-state index in [0.29, 0.717) is 5.69 Å². The molecule has 98 valence electrons. The fourth-order valence-electron chi connectivity index (χ4n) is 2.02. The van der Waals surface area contributed by atoms with Crippen molar-refractivity contribution in [1.82, 2.24) is 0 Å². The van der Waals surface area contributed by atoms with Gasteiger partial charge in [-0.05, 0) is 36.2 Å². The molecule has 0 aromatic heterocycles. The molecule has 0 radical (unpaired) electrons. The highest BCUT2D eigenvalue weighted by molar-refractivity contribution is 5.95. The van der Waals surface area contributed by atoms with Crippen LogP contribution in [-0.2, 0) is 4.79 Å². The summed E-state index contributed by atoms with van der Waals surface area (Å²) in [4.78, 5) is 12.2. The lowest BCUT2D eigenvalue weighted by molar-refractivity contribution is -0.117. The molecule has 1 atom stereocenters. The molecule has 0 heterocycles. The van der Waals surface area contributed by atoms with Crippen molar-refractivity contribution in [2.75, 3.05) is 5.32 Å². The highest BCUT2D eigenvalue weighted by Crippen LogP contribution is 2.21. The Hall–Kier alpha value is -2.16. The van der Waals surface area contributed by atoms with Gasteiger partial charge in [0.15, 0.2) is 0 Å². The lowest BCUT2D eigenvalue weighted by Gasteiger charge is -2.15. The van der Waals surface area contributed by atoms with Crippen LogP contribution >= 0.6 is 0 Å². The van der Waals surface area contributed by atoms with Gasteiger partial charge in [-0.1, -0.05) is 37.3 Å². The molecule has 19 heavy (non-hydrogen) atoms. The van der Waals surface area contributed by atoms with Gasteiger partial charge in [-0.3, -0.25) is 4.79 Å². The Kier molecular flexibility index (Phi) is 4.29. The predicted octanol–water partition coefficient (Wildman–Crippen LogP) is 3.96. The van der Waals surface area contributed by atoms with Crippen LogP contribution in [0.2, 0.25) is 0 Å². The van der Waals surface area contributed by atoms with E-state index < -0.39 is 0 Å². The van der Waals surface area contributed by atoms with Gasteiger partial charge in [0, 0.05) is 5.69 Å². The molecule has 2 aromatic rings. The van der Waals surface area contributed by atoms with Crippen molar-refractivity contribution < 1.29 is 9.18 Å². The molecular weight excluding hydrogens is 241 g/mol. The Morgan fingerprint density at radius 1 is 1.11 bits per heavy atom. The molecule has 1 N–H and O–H groups in total. The summed E-state index contributed by atoms with van der Waals surface area (Å²) in [5.74, 6) is -0.570. The van der Waals surface area contributed by atoms with Gasteiger partial charge in [0.05, 0.1) is 5.92 Å². The summed E-state index contributed by atoms with van der Waals surface area (Å²) < 4.78 is 12.8. The number of nitrogens with one attached hydrogen (secondary N) is 1. The van der Waals surface area contributed by atoms with Crippen molar-refractivity contribution in [1.29, 1.82) is 0 Å². The number of amides is 1. The normalized spacial score (nSPS) is 11.9. The molecule has 0 aliphatic heterocycles. The largest absolute Gasteiger partial charge is 0.326 e. The maximum Gasteiger partial charge on any atom is 0.231 e. The second-order valence-corrected chi connectivity index (χ2v) is 4.37. The van der Waals surface area contributed by atoms with Crippen molar-refractivity contribution in [3.8, 4) is 0 Å². The first kappa shape index (κ1) is 13.3. The minimum Gasteiger partial charge on any atom is -0.326 e. The molecule has 0 spiro atoms. The monoisotopic (exact) mass is 257 g/mol. The second kappa shape index (κ2) is 6.14. The van der Waals surface area contributed by atoms with E-state index in [1.807, 2.05) is 37.3 Å². The molecule has 0 fully saturated rings. The minimum atomic E-state index is -0.312. The number of halogens is 1. The number of benzene rings is 2. The molecule has 1 amide bonds. The second-order valence-electron chi connectivity index (χ2n) is 4.37. The zero-order chi connectivity index (χ0) is 13.7. The quantitative estimate of drug-likeness (QED) is 0.882. The topological polar surface area (TPSA) is 29.1 Å². The summed E-state index contributed by atoms with van der Waals surface area (Å²) in [6.45, 7) is 1.97. The van der Waals surface area contributed by atoms with Gasteiger partial charge in [-0.2, -0.15) is 0 Å². The summed E-state index contributed by atoms with van der Waals surface area (Å²) >= 11 is 0. The predicted molar refractivity (Wildman–Crippen MR) is 74.5 cm³/mol. The zero-order valence-corrected chi connectivity index (χ0v) is 10.8. The van der Waals surface area contributed by atoms with Crippen LogP contribution in [0.3, 0.4) is 0 Å². The van der Waals surface area contributed by atoms with Gasteiger partial charge < -0.3 is 5.32 Å². The Morgan fingerprint density at radius 3 is 2.32 bits per heavy atom. The van der Waals surface area contributed by atoms with Gasteiger partial charge in [0.1, 0.15) is 5.82 Å². The third-order valence-electron chi connectivity index (χ3n) is 3.04. The molecule has 0 bridgehead atoms. The number of carbonyl (C=O) groups is 1. The first-order chi connectivity index (χ1) is 9.20. The first-order valence-electron chi connectivity index (χ1n) is 6.32. The molecule has 2 rings (SSSR count). The molecule has 0 saturated carbocycles. The maximum absolute atomic E-state index is 12.8. The molecule has 0 saturated heterocycles. The van der Waals surface area contributed by atoms with Gasteiger partial charge >= 0.3 is 0 Å². The molecule has 0 aliphatic rings. The van der Waals surface area contributed by atoms with Gasteiger partial charge in [0.2, 0.25) is 5.91 Å². The van der Waals surface area contributed by atoms with Crippen molar-refractivity contribution in [2.45, 2.75) is 19.3 Å². The number of hydrogen-bond acceptors (Lipinski definition) is 1. The average molecular weight is 257 g/mol. The summed E-state index contributed by atoms with van der Waals surface area (Å²) in [6, 6.07) is 15.4. The van der Waals surface area contributed by atoms with Gasteiger partial charge in [-0.15, -0.1) is 0 Å². The van der Waals surface area contributed by atoms with E-state index >= 15 is 0 Å². The summed E-state index contributed by atoms with van der Waals surface area (Å²) in [5.41, 5.74) is 1.60. The third kappa shape index (κ3) is 3.41. The van der Waals surface area contributed by atoms with Crippen molar-refractivity contribution >= 4 is 11.6 Å². The third-order valence-corrected chi connectivity index (χ3v) is 3.04.